The molecule has 0 fully saturated rings. The molecule has 0 atom stereocenters. The zero-order chi connectivity index (χ0) is 10.3. The zero-order valence-corrected chi connectivity index (χ0v) is 10.5. The molecule has 4 nitrogen and oxygen atoms in total. The molecule has 0 spiro atoms. The van der Waals surface area contributed by atoms with Crippen molar-refractivity contribution in [2.75, 3.05) is 0 Å². The van der Waals surface area contributed by atoms with Gasteiger partial charge in [-0.25, -0.2) is 9.78 Å². The van der Waals surface area contributed by atoms with Crippen LogP contribution in [0.25, 0.3) is 10.9 Å². The number of nitrogens with one attached hydrogen (secondary N) is 1. The summed E-state index contributed by atoms with van der Waals surface area (Å²) >= 11 is 5.24. The van der Waals surface area contributed by atoms with Gasteiger partial charge in [0.25, 0.3) is 0 Å². The number of fused-ring (bicyclic) bond motifs is 1. The van der Waals surface area contributed by atoms with E-state index in [-0.39, 0.29) is 5.69 Å². The monoisotopic (exact) mass is 366 g/mol. The maximum Gasteiger partial charge on any atom is 0.353 e. The Morgan fingerprint density at radius 1 is 1.64 bits per heavy atom. The third-order valence-electron chi connectivity index (χ3n) is 1.80. The fourth-order valence-electron chi connectivity index (χ4n) is 1.18. The number of carboxylic acids is 1. The molecule has 2 N–H and O–H groups in total. The van der Waals surface area contributed by atoms with Crippen molar-refractivity contribution in [2.45, 2.75) is 0 Å². The van der Waals surface area contributed by atoms with Crippen LogP contribution in [-0.4, -0.2) is 21.0 Å². The second-order valence-corrected chi connectivity index (χ2v) is 4.56. The normalized spacial score (nSPS) is 10.7. The van der Waals surface area contributed by atoms with Crippen LogP contribution in [0, 0.1) is 3.57 Å². The molecule has 2 rings (SSSR count). The number of H-pyrrole nitrogens is 1. The summed E-state index contributed by atoms with van der Waals surface area (Å²) in [5.41, 5.74) is 0.940. The standard InChI is InChI=1S/C8H4BrIN2O2/c9-5-1-3-4(2-11-5)12-7(6(3)10)8(13)14/h1-2,12H,(H,13,14). The minimum Gasteiger partial charge on any atom is -0.477 e. The molecular formula is C8H4BrIN2O2. The van der Waals surface area contributed by atoms with Gasteiger partial charge in [0.15, 0.2) is 0 Å². The van der Waals surface area contributed by atoms with E-state index in [0.717, 1.165) is 10.9 Å². The van der Waals surface area contributed by atoms with Gasteiger partial charge in [0.1, 0.15) is 10.3 Å². The van der Waals surface area contributed by atoms with Gasteiger partial charge >= 0.3 is 5.97 Å². The van der Waals surface area contributed by atoms with Crippen molar-refractivity contribution < 1.29 is 9.90 Å². The summed E-state index contributed by atoms with van der Waals surface area (Å²) in [5, 5.41) is 9.73. The minimum atomic E-state index is -0.957. The molecule has 0 saturated heterocycles. The van der Waals surface area contributed by atoms with Crippen molar-refractivity contribution in [3.05, 3.63) is 26.1 Å². The van der Waals surface area contributed by atoms with Crippen molar-refractivity contribution >= 4 is 55.4 Å². The Balaban J connectivity index is 2.80. The Morgan fingerprint density at radius 3 is 3.00 bits per heavy atom. The first kappa shape index (κ1) is 9.91. The lowest BCUT2D eigenvalue weighted by Crippen LogP contribution is -1.97. The highest BCUT2D eigenvalue weighted by Gasteiger charge is 2.14. The average Bonchev–Trinajstić information content (AvgIpc) is 2.44. The number of carboxylic acid groups (broad SMARTS) is 1. The number of hydrogen-bond donors (Lipinski definition) is 2. The second-order valence-electron chi connectivity index (χ2n) is 2.67. The number of rotatable bonds is 1. The van der Waals surface area contributed by atoms with Crippen LogP contribution in [0.5, 0.6) is 0 Å². The molecule has 14 heavy (non-hydrogen) atoms. The molecule has 0 bridgehead atoms. The van der Waals surface area contributed by atoms with E-state index in [2.05, 4.69) is 25.9 Å². The summed E-state index contributed by atoms with van der Waals surface area (Å²) < 4.78 is 1.40. The Bertz CT molecular complexity index is 523. The number of aromatic nitrogens is 2. The van der Waals surface area contributed by atoms with E-state index >= 15 is 0 Å². The molecule has 0 amide bonds. The smallest absolute Gasteiger partial charge is 0.353 e. The topological polar surface area (TPSA) is 66.0 Å². The number of aromatic carboxylic acids is 1. The summed E-state index contributed by atoms with van der Waals surface area (Å²) in [4.78, 5) is 17.6. The highest BCUT2D eigenvalue weighted by molar-refractivity contribution is 14.1. The zero-order valence-electron chi connectivity index (χ0n) is 6.71. The van der Waals surface area contributed by atoms with Crippen molar-refractivity contribution in [2.24, 2.45) is 0 Å². The lowest BCUT2D eigenvalue weighted by Gasteiger charge is -1.90. The van der Waals surface area contributed by atoms with Gasteiger partial charge in [-0.1, -0.05) is 0 Å². The first-order valence-electron chi connectivity index (χ1n) is 3.65. The Hall–Kier alpha value is -0.630. The van der Waals surface area contributed by atoms with Crippen LogP contribution < -0.4 is 0 Å². The van der Waals surface area contributed by atoms with E-state index in [1.54, 1.807) is 12.3 Å². The third-order valence-corrected chi connectivity index (χ3v) is 3.35. The first-order chi connectivity index (χ1) is 6.59. The SMILES string of the molecule is O=C(O)c1[nH]c2cnc(Br)cc2c1I. The van der Waals surface area contributed by atoms with E-state index in [1.165, 1.54) is 0 Å². The number of pyridine rings is 1. The van der Waals surface area contributed by atoms with Gasteiger partial charge in [0, 0.05) is 5.39 Å². The van der Waals surface area contributed by atoms with Crippen LogP contribution in [0.15, 0.2) is 16.9 Å². The number of nitrogens with zero attached hydrogens (tertiary/aromatic N) is 1. The van der Waals surface area contributed by atoms with E-state index in [9.17, 15) is 4.79 Å². The van der Waals surface area contributed by atoms with E-state index in [1.807, 2.05) is 22.6 Å². The molecule has 0 aromatic carbocycles. The predicted molar refractivity (Wildman–Crippen MR) is 63.5 cm³/mol. The van der Waals surface area contributed by atoms with Crippen molar-refractivity contribution in [3.8, 4) is 0 Å². The van der Waals surface area contributed by atoms with E-state index < -0.39 is 5.97 Å². The third kappa shape index (κ3) is 1.52. The van der Waals surface area contributed by atoms with Gasteiger partial charge in [-0.15, -0.1) is 0 Å². The van der Waals surface area contributed by atoms with Crippen LogP contribution >= 0.6 is 38.5 Å². The molecule has 0 saturated carbocycles. The fraction of sp³-hybridized carbons (Fsp3) is 0. The van der Waals surface area contributed by atoms with Crippen molar-refractivity contribution in [3.63, 3.8) is 0 Å². The molecule has 0 unspecified atom stereocenters. The Morgan fingerprint density at radius 2 is 2.36 bits per heavy atom. The first-order valence-corrected chi connectivity index (χ1v) is 5.53. The van der Waals surface area contributed by atoms with E-state index in [4.69, 9.17) is 5.11 Å². The minimum absolute atomic E-state index is 0.209. The Labute approximate surface area is 101 Å². The number of hydrogen-bond acceptors (Lipinski definition) is 2. The van der Waals surface area contributed by atoms with Crippen LogP contribution in [0.2, 0.25) is 0 Å². The molecule has 0 aliphatic heterocycles. The Kier molecular flexibility index (Phi) is 2.48. The van der Waals surface area contributed by atoms with Crippen LogP contribution in [0.4, 0.5) is 0 Å². The number of carbonyl (C=O) groups is 1. The van der Waals surface area contributed by atoms with Gasteiger partial charge in [-0.05, 0) is 44.6 Å². The van der Waals surface area contributed by atoms with E-state index in [0.29, 0.717) is 8.17 Å². The van der Waals surface area contributed by atoms with Crippen LogP contribution in [-0.2, 0) is 0 Å². The second kappa shape index (κ2) is 3.50. The highest BCUT2D eigenvalue weighted by Crippen LogP contribution is 2.25. The maximum absolute atomic E-state index is 10.8. The van der Waals surface area contributed by atoms with Gasteiger partial charge < -0.3 is 10.1 Å². The summed E-state index contributed by atoms with van der Waals surface area (Å²) in [5.74, 6) is -0.957. The van der Waals surface area contributed by atoms with Crippen LogP contribution in [0.1, 0.15) is 10.5 Å². The molecule has 2 aromatic heterocycles. The average molecular weight is 367 g/mol. The molecule has 0 radical (unpaired) electrons. The summed E-state index contributed by atoms with van der Waals surface area (Å²) in [6.45, 7) is 0. The summed E-state index contributed by atoms with van der Waals surface area (Å²) in [6, 6.07) is 1.79. The molecule has 2 aromatic rings. The molecular weight excluding hydrogens is 363 g/mol. The largest absolute Gasteiger partial charge is 0.477 e. The van der Waals surface area contributed by atoms with Gasteiger partial charge in [0.2, 0.25) is 0 Å². The van der Waals surface area contributed by atoms with Gasteiger partial charge in [-0.3, -0.25) is 0 Å². The molecule has 0 aliphatic carbocycles. The number of aromatic amines is 1. The van der Waals surface area contributed by atoms with Crippen molar-refractivity contribution in [1.82, 2.24) is 9.97 Å². The fourth-order valence-corrected chi connectivity index (χ4v) is 2.33. The molecule has 2 heterocycles. The van der Waals surface area contributed by atoms with Gasteiger partial charge in [-0.2, -0.15) is 0 Å². The molecule has 72 valence electrons. The highest BCUT2D eigenvalue weighted by atomic mass is 127. The lowest BCUT2D eigenvalue weighted by atomic mass is 10.3. The van der Waals surface area contributed by atoms with Gasteiger partial charge in [0.05, 0.1) is 15.3 Å². The predicted octanol–water partition coefficient (Wildman–Crippen LogP) is 2.63. The maximum atomic E-state index is 10.8. The van der Waals surface area contributed by atoms with Crippen molar-refractivity contribution in [1.29, 1.82) is 0 Å². The summed E-state index contributed by atoms with van der Waals surface area (Å²) in [6.07, 6.45) is 1.61. The lowest BCUT2D eigenvalue weighted by molar-refractivity contribution is 0.0690. The van der Waals surface area contributed by atoms with Crippen LogP contribution in [0.3, 0.4) is 0 Å². The summed E-state index contributed by atoms with van der Waals surface area (Å²) in [7, 11) is 0. The quantitative estimate of drug-likeness (QED) is 0.602. The number of halogens is 2. The molecule has 6 heteroatoms. The molecule has 0 aliphatic rings.